The zero-order valence-electron chi connectivity index (χ0n) is 25.4. The zero-order chi connectivity index (χ0) is 31.0. The van der Waals surface area contributed by atoms with Crippen molar-refractivity contribution in [2.45, 2.75) is 88.1 Å². The second kappa shape index (κ2) is 10.7. The molecule has 1 spiro atoms. The number of carbonyl (C=O) groups excluding carboxylic acids is 2. The topological polar surface area (TPSA) is 68.3 Å². The van der Waals surface area contributed by atoms with Crippen LogP contribution in [0.15, 0.2) is 30.3 Å². The van der Waals surface area contributed by atoms with E-state index in [9.17, 15) is 22.8 Å². The highest BCUT2D eigenvalue weighted by atomic mass is 19.4. The average molecular weight is 613 g/mol. The molecule has 2 heterocycles. The molecular formula is C34H39F3N2O5. The number of hydrogen-bond donors (Lipinski definition) is 0. The Bertz CT molecular complexity index is 1470. The summed E-state index contributed by atoms with van der Waals surface area (Å²) >= 11 is 0. The summed E-state index contributed by atoms with van der Waals surface area (Å²) in [4.78, 5) is 30.3. The fourth-order valence-electron chi connectivity index (χ4n) is 8.76. The van der Waals surface area contributed by atoms with Crippen molar-refractivity contribution in [3.63, 3.8) is 0 Å². The summed E-state index contributed by atoms with van der Waals surface area (Å²) < 4.78 is 57.5. The molecule has 0 radical (unpaired) electrons. The molecular weight excluding hydrogens is 573 g/mol. The number of rotatable bonds is 8. The predicted octanol–water partition coefficient (Wildman–Crippen LogP) is 5.55. The fraction of sp³-hybridized carbons (Fsp3) is 0.588. The maximum atomic E-state index is 13.6. The molecule has 1 amide bonds. The van der Waals surface area contributed by atoms with Crippen LogP contribution < -0.4 is 14.2 Å². The molecule has 0 N–H and O–H groups in total. The number of esters is 1. The van der Waals surface area contributed by atoms with E-state index < -0.39 is 11.7 Å². The van der Waals surface area contributed by atoms with Gasteiger partial charge in [0.05, 0.1) is 18.7 Å². The van der Waals surface area contributed by atoms with E-state index in [0.717, 1.165) is 68.0 Å². The van der Waals surface area contributed by atoms with E-state index in [2.05, 4.69) is 4.90 Å². The Morgan fingerprint density at radius 2 is 1.86 bits per heavy atom. The maximum absolute atomic E-state index is 13.6. The smallest absolute Gasteiger partial charge is 0.416 e. The highest BCUT2D eigenvalue weighted by Crippen LogP contribution is 2.66. The summed E-state index contributed by atoms with van der Waals surface area (Å²) in [5.41, 5.74) is 1.79. The van der Waals surface area contributed by atoms with Crippen LogP contribution in [-0.2, 0) is 34.0 Å². The lowest BCUT2D eigenvalue weighted by molar-refractivity contribution is -0.140. The van der Waals surface area contributed by atoms with Gasteiger partial charge in [-0.2, -0.15) is 13.2 Å². The third kappa shape index (κ3) is 4.75. The minimum absolute atomic E-state index is 0.0596. The number of benzene rings is 2. The Balaban J connectivity index is 1.19. The van der Waals surface area contributed by atoms with Crippen molar-refractivity contribution >= 4 is 11.9 Å². The monoisotopic (exact) mass is 612 g/mol. The molecule has 5 atom stereocenters. The number of hydrogen-bond acceptors (Lipinski definition) is 6. The lowest BCUT2D eigenvalue weighted by atomic mass is 9.50. The molecule has 2 aromatic rings. The molecule has 236 valence electrons. The van der Waals surface area contributed by atoms with Crippen LogP contribution in [0, 0.1) is 11.8 Å². The first-order valence-corrected chi connectivity index (χ1v) is 15.8. The molecule has 2 saturated carbocycles. The predicted molar refractivity (Wildman–Crippen MR) is 156 cm³/mol. The Morgan fingerprint density at radius 1 is 1.11 bits per heavy atom. The van der Waals surface area contributed by atoms with Crippen LogP contribution >= 0.6 is 0 Å². The minimum atomic E-state index is -4.39. The van der Waals surface area contributed by atoms with E-state index in [1.807, 2.05) is 11.9 Å². The van der Waals surface area contributed by atoms with Crippen molar-refractivity contribution in [3.05, 3.63) is 52.6 Å². The molecule has 5 aliphatic rings. The third-order valence-electron chi connectivity index (χ3n) is 10.9. The summed E-state index contributed by atoms with van der Waals surface area (Å²) in [7, 11) is 3.42. The molecule has 3 aliphatic carbocycles. The number of alkyl halides is 3. The lowest BCUT2D eigenvalue weighted by Crippen LogP contribution is -2.69. The molecule has 7 nitrogen and oxygen atoms in total. The highest BCUT2D eigenvalue weighted by molar-refractivity contribution is 5.77. The van der Waals surface area contributed by atoms with E-state index in [4.69, 9.17) is 14.2 Å². The van der Waals surface area contributed by atoms with E-state index in [1.54, 1.807) is 13.2 Å². The molecule has 10 heteroatoms. The number of aryl methyl sites for hydroxylation is 1. The second-order valence-electron chi connectivity index (χ2n) is 13.3. The van der Waals surface area contributed by atoms with Crippen LogP contribution in [0.2, 0.25) is 0 Å². The number of nitrogens with zero attached hydrogens (tertiary/aromatic N) is 2. The quantitative estimate of drug-likeness (QED) is 0.288. The molecule has 0 aromatic heterocycles. The molecule has 0 unspecified atom stereocenters. The first-order chi connectivity index (χ1) is 21.0. The SMILES string of the molecule is COc1cc(OC(C)=O)c2c3c1O[C@H]1[C@@H](N(C)C(=O)CCc4ccc(C(F)(F)F)cc4)CC[C@H]4[C@@H](C2)N(CC2CC2)CC[C@@]341. The number of likely N-dealkylation sites (tertiary alicyclic amines) is 1. The van der Waals surface area contributed by atoms with Gasteiger partial charge in [-0.3, -0.25) is 14.5 Å². The molecule has 2 aliphatic heterocycles. The number of piperidine rings is 1. The molecule has 3 fully saturated rings. The molecule has 2 aromatic carbocycles. The van der Waals surface area contributed by atoms with Crippen molar-refractivity contribution < 1.29 is 37.0 Å². The molecule has 44 heavy (non-hydrogen) atoms. The Labute approximate surface area is 255 Å². The third-order valence-corrected chi connectivity index (χ3v) is 10.9. The average Bonchev–Trinajstić information content (AvgIpc) is 3.74. The molecule has 7 rings (SSSR count). The number of methoxy groups -OCH3 is 1. The van der Waals surface area contributed by atoms with Gasteiger partial charge in [-0.1, -0.05) is 12.1 Å². The standard InChI is InChI=1S/C34H39F3N2O5/c1-19(40)43-27-17-28(42-3)31-30-23(27)16-26-24-11-12-25(32(44-31)33(24,30)14-15-39(26)18-21-4-5-21)38(2)29(41)13-8-20-6-9-22(10-7-20)34(35,36)37/h6-7,9-10,17,21,24-26,32H,4-5,8,11-16,18H2,1-3H3/t24-,25-,26+,32-,33-/m0/s1. The van der Waals surface area contributed by atoms with Gasteiger partial charge in [0, 0.05) is 55.6 Å². The van der Waals surface area contributed by atoms with Gasteiger partial charge in [0.15, 0.2) is 11.5 Å². The van der Waals surface area contributed by atoms with Gasteiger partial charge in [-0.15, -0.1) is 0 Å². The van der Waals surface area contributed by atoms with E-state index in [-0.39, 0.29) is 35.9 Å². The summed E-state index contributed by atoms with van der Waals surface area (Å²) in [5.74, 6) is 2.45. The number of carbonyl (C=O) groups is 2. The Morgan fingerprint density at radius 3 is 2.52 bits per heavy atom. The number of halogens is 3. The normalized spacial score (nSPS) is 28.6. The van der Waals surface area contributed by atoms with Crippen LogP contribution in [0.1, 0.15) is 67.7 Å². The van der Waals surface area contributed by atoms with Crippen LogP contribution in [0.4, 0.5) is 13.2 Å². The van der Waals surface area contributed by atoms with Gasteiger partial charge in [-0.25, -0.2) is 0 Å². The van der Waals surface area contributed by atoms with Gasteiger partial charge in [0.2, 0.25) is 5.91 Å². The van der Waals surface area contributed by atoms with Crippen molar-refractivity contribution in [1.29, 1.82) is 0 Å². The van der Waals surface area contributed by atoms with Gasteiger partial charge in [0.1, 0.15) is 11.9 Å². The van der Waals surface area contributed by atoms with E-state index in [1.165, 1.54) is 31.9 Å². The number of ether oxygens (including phenoxy) is 3. The van der Waals surface area contributed by atoms with Gasteiger partial charge in [0.25, 0.3) is 0 Å². The largest absolute Gasteiger partial charge is 0.493 e. The van der Waals surface area contributed by atoms with Crippen molar-refractivity contribution in [2.75, 3.05) is 27.2 Å². The summed E-state index contributed by atoms with van der Waals surface area (Å²) in [5, 5.41) is 0. The Hall–Kier alpha value is -3.27. The summed E-state index contributed by atoms with van der Waals surface area (Å²) in [6.07, 6.45) is 1.88. The van der Waals surface area contributed by atoms with Crippen LogP contribution in [0.25, 0.3) is 0 Å². The molecule has 2 bridgehead atoms. The first-order valence-electron chi connectivity index (χ1n) is 15.8. The zero-order valence-corrected chi connectivity index (χ0v) is 25.4. The highest BCUT2D eigenvalue weighted by Gasteiger charge is 2.67. The fourth-order valence-corrected chi connectivity index (χ4v) is 8.76. The lowest BCUT2D eigenvalue weighted by Gasteiger charge is -2.60. The van der Waals surface area contributed by atoms with E-state index >= 15 is 0 Å². The van der Waals surface area contributed by atoms with Gasteiger partial charge < -0.3 is 19.1 Å². The summed E-state index contributed by atoms with van der Waals surface area (Å²) in [6, 6.07) is 6.93. The minimum Gasteiger partial charge on any atom is -0.493 e. The molecule has 1 saturated heterocycles. The second-order valence-corrected chi connectivity index (χ2v) is 13.3. The Kier molecular flexibility index (Phi) is 7.14. The van der Waals surface area contributed by atoms with Crippen LogP contribution in [0.5, 0.6) is 17.2 Å². The van der Waals surface area contributed by atoms with Gasteiger partial charge in [-0.05, 0) is 81.0 Å². The van der Waals surface area contributed by atoms with Crippen LogP contribution in [-0.4, -0.2) is 67.1 Å². The summed E-state index contributed by atoms with van der Waals surface area (Å²) in [6.45, 7) is 3.46. The van der Waals surface area contributed by atoms with E-state index in [0.29, 0.717) is 41.2 Å². The van der Waals surface area contributed by atoms with Crippen molar-refractivity contribution in [2.24, 2.45) is 11.8 Å². The first kappa shape index (κ1) is 29.4. The maximum Gasteiger partial charge on any atom is 0.416 e. The number of likely N-dealkylation sites (N-methyl/N-ethyl adjacent to an activating group) is 1. The van der Waals surface area contributed by atoms with Crippen molar-refractivity contribution in [3.8, 4) is 17.2 Å². The van der Waals surface area contributed by atoms with Crippen LogP contribution in [0.3, 0.4) is 0 Å². The van der Waals surface area contributed by atoms with Crippen molar-refractivity contribution in [1.82, 2.24) is 9.80 Å². The van der Waals surface area contributed by atoms with Gasteiger partial charge >= 0.3 is 12.1 Å². The number of amides is 1.